The minimum absolute atomic E-state index is 0.142. The number of carbonyl (C=O) groups excluding carboxylic acids is 2. The molecular weight excluding hydrogens is 544 g/mol. The molecular formula is C31H29ClN4O5. The highest BCUT2D eigenvalue weighted by molar-refractivity contribution is 6.30. The fraction of sp³-hybridized carbons (Fsp3) is 0.226. The summed E-state index contributed by atoms with van der Waals surface area (Å²) in [5, 5.41) is 8.01. The van der Waals surface area contributed by atoms with Gasteiger partial charge < -0.3 is 19.7 Å². The molecule has 1 aliphatic heterocycles. The van der Waals surface area contributed by atoms with Crippen molar-refractivity contribution in [3.63, 3.8) is 0 Å². The van der Waals surface area contributed by atoms with E-state index in [0.717, 1.165) is 0 Å². The average molecular weight is 573 g/mol. The number of benzene rings is 3. The van der Waals surface area contributed by atoms with Crippen molar-refractivity contribution in [1.82, 2.24) is 14.7 Å². The summed E-state index contributed by atoms with van der Waals surface area (Å²) in [6.07, 6.45) is 2.87. The van der Waals surface area contributed by atoms with E-state index >= 15 is 0 Å². The first-order chi connectivity index (χ1) is 19.9. The number of hydrogen-bond acceptors (Lipinski definition) is 7. The van der Waals surface area contributed by atoms with Crippen LogP contribution in [0.25, 0.3) is 5.69 Å². The second kappa shape index (κ2) is 12.7. The molecule has 0 bridgehead atoms. The second-order valence-corrected chi connectivity index (χ2v) is 9.98. The highest BCUT2D eigenvalue weighted by Crippen LogP contribution is 2.29. The topological polar surface area (TPSA) is 103 Å². The lowest BCUT2D eigenvalue weighted by molar-refractivity contribution is -0.149. The molecule has 1 aromatic heterocycles. The number of halogens is 1. The molecule has 1 amide bonds. The van der Waals surface area contributed by atoms with Gasteiger partial charge in [-0.15, -0.1) is 0 Å². The molecule has 1 atom stereocenters. The van der Waals surface area contributed by atoms with Crippen molar-refractivity contribution >= 4 is 34.9 Å². The SMILES string of the molecule is CCOC(=O)[C@@H]1CCCN(C(=O)c2cccc(Nc3c(Oc4ccccc4)cnn(-c4ccc(Cl)cc4)c3=O)c2)C1. The van der Waals surface area contributed by atoms with E-state index < -0.39 is 5.56 Å². The number of likely N-dealkylation sites (tertiary alicyclic amines) is 1. The molecule has 10 heteroatoms. The fourth-order valence-electron chi connectivity index (χ4n) is 4.68. The van der Waals surface area contributed by atoms with Gasteiger partial charge in [0.15, 0.2) is 11.4 Å². The average Bonchev–Trinajstić information content (AvgIpc) is 3.00. The lowest BCUT2D eigenvalue weighted by atomic mass is 9.97. The second-order valence-electron chi connectivity index (χ2n) is 9.54. The molecule has 0 unspecified atom stereocenters. The number of nitrogens with one attached hydrogen (secondary N) is 1. The van der Waals surface area contributed by atoms with E-state index in [1.165, 1.54) is 10.9 Å². The normalized spacial score (nSPS) is 14.8. The summed E-state index contributed by atoms with van der Waals surface area (Å²) in [4.78, 5) is 41.1. The zero-order chi connectivity index (χ0) is 28.8. The van der Waals surface area contributed by atoms with Crippen LogP contribution >= 0.6 is 11.6 Å². The minimum Gasteiger partial charge on any atom is -0.466 e. The van der Waals surface area contributed by atoms with E-state index in [2.05, 4.69) is 10.4 Å². The lowest BCUT2D eigenvalue weighted by Crippen LogP contribution is -2.42. The standard InChI is InChI=1S/C31H29ClN4O5/c1-2-40-31(39)22-9-7-17-35(20-22)29(37)21-8-6-10-24(18-21)34-28-27(41-26-11-4-3-5-12-26)19-33-36(30(28)38)25-15-13-23(32)14-16-25/h3-6,8,10-16,18-19,22,34H,2,7,9,17,20H2,1H3/t22-/m1/s1. The molecule has 0 saturated carbocycles. The number of para-hydroxylation sites is 1. The Labute approximate surface area is 242 Å². The maximum absolute atomic E-state index is 13.7. The van der Waals surface area contributed by atoms with Gasteiger partial charge in [-0.1, -0.05) is 35.9 Å². The minimum atomic E-state index is -0.453. The Kier molecular flexibility index (Phi) is 8.64. The van der Waals surface area contributed by atoms with Crippen molar-refractivity contribution in [3.05, 3.63) is 106 Å². The summed E-state index contributed by atoms with van der Waals surface area (Å²) in [6, 6.07) is 22.7. The largest absolute Gasteiger partial charge is 0.466 e. The van der Waals surface area contributed by atoms with Crippen molar-refractivity contribution in [2.45, 2.75) is 19.8 Å². The number of ether oxygens (including phenoxy) is 2. The van der Waals surface area contributed by atoms with Crippen molar-refractivity contribution in [2.24, 2.45) is 5.92 Å². The number of piperidine rings is 1. The van der Waals surface area contributed by atoms with E-state index in [9.17, 15) is 14.4 Å². The Balaban J connectivity index is 1.45. The van der Waals surface area contributed by atoms with Crippen LogP contribution in [-0.4, -0.2) is 46.3 Å². The van der Waals surface area contributed by atoms with Crippen LogP contribution in [0.3, 0.4) is 0 Å². The molecule has 5 rings (SSSR count). The Morgan fingerprint density at radius 1 is 1.05 bits per heavy atom. The van der Waals surface area contributed by atoms with Crippen LogP contribution in [0, 0.1) is 5.92 Å². The van der Waals surface area contributed by atoms with Crippen LogP contribution in [0.4, 0.5) is 11.4 Å². The predicted molar refractivity (Wildman–Crippen MR) is 156 cm³/mol. The summed E-state index contributed by atoms with van der Waals surface area (Å²) < 4.78 is 12.4. The predicted octanol–water partition coefficient (Wildman–Crippen LogP) is 5.84. The third-order valence-electron chi connectivity index (χ3n) is 6.69. The molecule has 1 saturated heterocycles. The Bertz CT molecular complexity index is 1590. The van der Waals surface area contributed by atoms with Gasteiger partial charge in [-0.25, -0.2) is 0 Å². The molecule has 3 aromatic carbocycles. The number of anilines is 2. The Morgan fingerprint density at radius 3 is 2.59 bits per heavy atom. The van der Waals surface area contributed by atoms with Gasteiger partial charge in [-0.2, -0.15) is 9.78 Å². The third-order valence-corrected chi connectivity index (χ3v) is 6.94. The van der Waals surface area contributed by atoms with E-state index in [1.54, 1.807) is 72.5 Å². The fourth-order valence-corrected chi connectivity index (χ4v) is 4.81. The van der Waals surface area contributed by atoms with Crippen LogP contribution in [-0.2, 0) is 9.53 Å². The van der Waals surface area contributed by atoms with Crippen molar-refractivity contribution < 1.29 is 19.1 Å². The molecule has 9 nitrogen and oxygen atoms in total. The van der Waals surface area contributed by atoms with Gasteiger partial charge in [0, 0.05) is 29.4 Å². The van der Waals surface area contributed by atoms with Gasteiger partial charge in [-0.05, 0) is 74.4 Å². The Hall–Kier alpha value is -4.63. The molecule has 0 spiro atoms. The number of amides is 1. The highest BCUT2D eigenvalue weighted by atomic mass is 35.5. The van der Waals surface area contributed by atoms with Crippen LogP contribution in [0.15, 0.2) is 89.9 Å². The van der Waals surface area contributed by atoms with Crippen LogP contribution < -0.4 is 15.6 Å². The molecule has 4 aromatic rings. The van der Waals surface area contributed by atoms with E-state index in [0.29, 0.717) is 60.2 Å². The Morgan fingerprint density at radius 2 is 1.83 bits per heavy atom. The van der Waals surface area contributed by atoms with Crippen LogP contribution in [0.2, 0.25) is 5.02 Å². The van der Waals surface area contributed by atoms with E-state index in [4.69, 9.17) is 21.1 Å². The summed E-state index contributed by atoms with van der Waals surface area (Å²) in [7, 11) is 0. The number of esters is 1. The monoisotopic (exact) mass is 572 g/mol. The number of carbonyl (C=O) groups is 2. The van der Waals surface area contributed by atoms with Crippen LogP contribution in [0.5, 0.6) is 11.5 Å². The molecule has 1 fully saturated rings. The van der Waals surface area contributed by atoms with Gasteiger partial charge in [0.2, 0.25) is 0 Å². The first-order valence-electron chi connectivity index (χ1n) is 13.4. The summed E-state index contributed by atoms with van der Waals surface area (Å²) in [5.74, 6) is -0.0600. The quantitative estimate of drug-likeness (QED) is 0.265. The number of aromatic nitrogens is 2. The van der Waals surface area contributed by atoms with Crippen molar-refractivity contribution in [2.75, 3.05) is 25.0 Å². The molecule has 41 heavy (non-hydrogen) atoms. The highest BCUT2D eigenvalue weighted by Gasteiger charge is 2.30. The third kappa shape index (κ3) is 6.58. The number of rotatable bonds is 8. The van der Waals surface area contributed by atoms with Crippen LogP contribution in [0.1, 0.15) is 30.1 Å². The van der Waals surface area contributed by atoms with Gasteiger partial charge >= 0.3 is 5.97 Å². The summed E-state index contributed by atoms with van der Waals surface area (Å²) in [6.45, 7) is 2.94. The number of nitrogens with zero attached hydrogens (tertiary/aromatic N) is 3. The van der Waals surface area contributed by atoms with Gasteiger partial charge in [0.1, 0.15) is 5.75 Å². The molecule has 210 valence electrons. The smallest absolute Gasteiger partial charge is 0.310 e. The summed E-state index contributed by atoms with van der Waals surface area (Å²) >= 11 is 6.03. The molecule has 0 radical (unpaired) electrons. The lowest BCUT2D eigenvalue weighted by Gasteiger charge is -2.31. The number of hydrogen-bond donors (Lipinski definition) is 1. The van der Waals surface area contributed by atoms with E-state index in [-0.39, 0.29) is 29.2 Å². The van der Waals surface area contributed by atoms with Gasteiger partial charge in [-0.3, -0.25) is 14.4 Å². The molecule has 2 heterocycles. The van der Waals surface area contributed by atoms with E-state index in [1.807, 2.05) is 18.2 Å². The van der Waals surface area contributed by atoms with Crippen molar-refractivity contribution in [3.8, 4) is 17.2 Å². The molecule has 1 aliphatic rings. The molecule has 0 aliphatic carbocycles. The first-order valence-corrected chi connectivity index (χ1v) is 13.7. The van der Waals surface area contributed by atoms with Gasteiger partial charge in [0.05, 0.1) is 24.4 Å². The maximum Gasteiger partial charge on any atom is 0.310 e. The first kappa shape index (κ1) is 27.9. The van der Waals surface area contributed by atoms with Crippen molar-refractivity contribution in [1.29, 1.82) is 0 Å². The summed E-state index contributed by atoms with van der Waals surface area (Å²) in [5.41, 5.74) is 1.16. The zero-order valence-corrected chi connectivity index (χ0v) is 23.2. The molecule has 1 N–H and O–H groups in total. The van der Waals surface area contributed by atoms with Gasteiger partial charge in [0.25, 0.3) is 11.5 Å². The maximum atomic E-state index is 13.7. The zero-order valence-electron chi connectivity index (χ0n) is 22.5.